The van der Waals surface area contributed by atoms with Crippen LogP contribution in [0.15, 0.2) is 24.3 Å². The Balaban J connectivity index is 1.76. The Bertz CT molecular complexity index is 1160. The van der Waals surface area contributed by atoms with E-state index in [1.165, 1.54) is 35.5 Å². The Labute approximate surface area is 253 Å². The molecule has 1 unspecified atom stereocenters. The van der Waals surface area contributed by atoms with Crippen molar-refractivity contribution in [2.45, 2.75) is 38.2 Å². The van der Waals surface area contributed by atoms with Gasteiger partial charge in [0.05, 0.1) is 59.9 Å². The Morgan fingerprint density at radius 1 is 0.698 bits per heavy atom. The number of carbonyl (C=O) groups excluding carboxylic acids is 2. The summed E-state index contributed by atoms with van der Waals surface area (Å²) in [6.07, 6.45) is 2.95. The molecule has 12 nitrogen and oxygen atoms in total. The number of carbonyl (C=O) groups is 2. The molecule has 2 N–H and O–H groups in total. The normalized spacial score (nSPS) is 17.4. The second kappa shape index (κ2) is 17.9. The van der Waals surface area contributed by atoms with Gasteiger partial charge in [-0.05, 0) is 82.5 Å². The number of ether oxygens (including phenoxy) is 8. The minimum atomic E-state index is -0.499. The van der Waals surface area contributed by atoms with Crippen molar-refractivity contribution in [2.75, 3.05) is 74.9 Å². The van der Waals surface area contributed by atoms with Crippen molar-refractivity contribution in [3.05, 3.63) is 35.4 Å². The van der Waals surface area contributed by atoms with E-state index < -0.39 is 11.9 Å². The molecule has 1 atom stereocenters. The number of hydrogen-bond acceptors (Lipinski definition) is 12. The van der Waals surface area contributed by atoms with E-state index in [4.69, 9.17) is 37.9 Å². The van der Waals surface area contributed by atoms with Crippen molar-refractivity contribution in [3.63, 3.8) is 0 Å². The Morgan fingerprint density at radius 2 is 1.30 bits per heavy atom. The van der Waals surface area contributed by atoms with Crippen molar-refractivity contribution < 1.29 is 47.5 Å². The molecule has 12 heteroatoms. The molecule has 238 valence electrons. The fraction of sp³-hybridized carbons (Fsp3) is 0.548. The summed E-state index contributed by atoms with van der Waals surface area (Å²) in [5, 5.41) is 6.78. The summed E-state index contributed by atoms with van der Waals surface area (Å²) in [5.41, 5.74) is 0.593. The molecule has 0 amide bonds. The lowest BCUT2D eigenvalue weighted by atomic mass is 10.1. The maximum absolute atomic E-state index is 13.2. The highest BCUT2D eigenvalue weighted by molar-refractivity contribution is 5.92. The zero-order valence-electron chi connectivity index (χ0n) is 25.7. The first-order valence-electron chi connectivity index (χ1n) is 14.4. The number of methoxy groups -OCH3 is 5. The van der Waals surface area contributed by atoms with Crippen molar-refractivity contribution in [1.29, 1.82) is 0 Å². The summed E-state index contributed by atoms with van der Waals surface area (Å²) < 4.78 is 44.5. The van der Waals surface area contributed by atoms with Gasteiger partial charge in [-0.2, -0.15) is 0 Å². The second-order valence-electron chi connectivity index (χ2n) is 9.77. The van der Waals surface area contributed by atoms with Crippen LogP contribution >= 0.6 is 0 Å². The van der Waals surface area contributed by atoms with Gasteiger partial charge in [0, 0.05) is 0 Å². The summed E-state index contributed by atoms with van der Waals surface area (Å²) in [6, 6.07) is 6.30. The Hall–Kier alpha value is -3.90. The molecule has 3 rings (SSSR count). The summed E-state index contributed by atoms with van der Waals surface area (Å²) >= 11 is 0. The van der Waals surface area contributed by atoms with E-state index in [-0.39, 0.29) is 18.3 Å². The van der Waals surface area contributed by atoms with Crippen molar-refractivity contribution >= 4 is 11.9 Å². The molecule has 0 spiro atoms. The summed E-state index contributed by atoms with van der Waals surface area (Å²) in [7, 11) is 7.48. The lowest BCUT2D eigenvalue weighted by Crippen LogP contribution is -2.28. The van der Waals surface area contributed by atoms with Gasteiger partial charge < -0.3 is 48.5 Å². The number of cyclic esters (lactones) is 1. The average Bonchev–Trinajstić information content (AvgIpc) is 3.03. The molecule has 1 heterocycles. The SMILES string of the molecule is COc1cc(C(=O)OC2CCCOc3cc(cc(OC)c3OC)C(=O)OCCCNCCCNCC2)cc(OC)c1OC. The van der Waals surface area contributed by atoms with Crippen molar-refractivity contribution in [2.24, 2.45) is 0 Å². The van der Waals surface area contributed by atoms with E-state index in [1.807, 2.05) is 0 Å². The second-order valence-corrected chi connectivity index (χ2v) is 9.77. The number of rotatable bonds is 7. The molecule has 2 aromatic rings. The van der Waals surface area contributed by atoms with Crippen LogP contribution in [0.5, 0.6) is 34.5 Å². The minimum absolute atomic E-state index is 0.287. The first-order chi connectivity index (χ1) is 20.9. The number of benzene rings is 2. The number of nitrogens with one attached hydrogen (secondary N) is 2. The van der Waals surface area contributed by atoms with Crippen LogP contribution in [0.25, 0.3) is 0 Å². The van der Waals surface area contributed by atoms with Gasteiger partial charge >= 0.3 is 11.9 Å². The van der Waals surface area contributed by atoms with Crippen LogP contribution < -0.4 is 39.1 Å². The first kappa shape index (κ1) is 33.6. The molecule has 0 fully saturated rings. The fourth-order valence-electron chi connectivity index (χ4n) is 4.63. The standard InChI is InChI=1S/C31H44N2O10/c1-36-24-18-22(19-25(37-2)28(24)39-4)31(35)43-23-9-6-15-41-27-20-21(17-26(38-3)29(27)40-5)30(34)42-16-8-13-32-11-7-12-33-14-10-23/h17-20,23,32-33H,6-16H2,1-5H3. The topological polar surface area (TPSA) is 132 Å². The molecule has 0 aromatic heterocycles. The predicted octanol–water partition coefficient (Wildman–Crippen LogP) is 3.63. The van der Waals surface area contributed by atoms with Gasteiger partial charge in [0.25, 0.3) is 0 Å². The molecule has 1 aliphatic heterocycles. The molecule has 1 aliphatic rings. The zero-order chi connectivity index (χ0) is 31.0. The zero-order valence-corrected chi connectivity index (χ0v) is 25.7. The lowest BCUT2D eigenvalue weighted by molar-refractivity contribution is 0.0248. The predicted molar refractivity (Wildman–Crippen MR) is 159 cm³/mol. The average molecular weight is 605 g/mol. The van der Waals surface area contributed by atoms with Gasteiger partial charge in [0.2, 0.25) is 11.5 Å². The molecular weight excluding hydrogens is 560 g/mol. The van der Waals surface area contributed by atoms with E-state index in [0.29, 0.717) is 78.9 Å². The van der Waals surface area contributed by atoms with Crippen LogP contribution in [0, 0.1) is 0 Å². The highest BCUT2D eigenvalue weighted by atomic mass is 16.6. The van der Waals surface area contributed by atoms with E-state index in [0.717, 1.165) is 26.1 Å². The summed E-state index contributed by atoms with van der Waals surface area (Å²) in [6.45, 7) is 3.63. The van der Waals surface area contributed by atoms with Crippen molar-refractivity contribution in [1.82, 2.24) is 10.6 Å². The first-order valence-corrected chi connectivity index (χ1v) is 14.4. The van der Waals surface area contributed by atoms with Crippen LogP contribution in [0.2, 0.25) is 0 Å². The summed E-state index contributed by atoms with van der Waals surface area (Å²) in [4.78, 5) is 26.0. The molecule has 2 aromatic carbocycles. The van der Waals surface area contributed by atoms with Crippen LogP contribution in [-0.4, -0.2) is 93.0 Å². The number of hydrogen-bond donors (Lipinski definition) is 2. The van der Waals surface area contributed by atoms with Gasteiger partial charge in [0.15, 0.2) is 23.0 Å². The van der Waals surface area contributed by atoms with E-state index in [1.54, 1.807) is 24.3 Å². The maximum Gasteiger partial charge on any atom is 0.338 e. The third-order valence-electron chi connectivity index (χ3n) is 6.86. The molecule has 0 saturated heterocycles. The molecule has 2 bridgehead atoms. The third kappa shape index (κ3) is 9.82. The fourth-order valence-corrected chi connectivity index (χ4v) is 4.63. The minimum Gasteiger partial charge on any atom is -0.493 e. The largest absolute Gasteiger partial charge is 0.493 e. The van der Waals surface area contributed by atoms with Crippen molar-refractivity contribution in [3.8, 4) is 34.5 Å². The van der Waals surface area contributed by atoms with Gasteiger partial charge in [-0.25, -0.2) is 9.59 Å². The molecule has 0 aliphatic carbocycles. The molecular formula is C31H44N2O10. The highest BCUT2D eigenvalue weighted by Crippen LogP contribution is 2.40. The lowest BCUT2D eigenvalue weighted by Gasteiger charge is -2.20. The van der Waals surface area contributed by atoms with E-state index in [2.05, 4.69) is 10.6 Å². The quantitative estimate of drug-likeness (QED) is 0.447. The number of fused-ring (bicyclic) bond motifs is 2. The summed E-state index contributed by atoms with van der Waals surface area (Å²) in [5.74, 6) is 1.25. The Morgan fingerprint density at radius 3 is 1.95 bits per heavy atom. The van der Waals surface area contributed by atoms with E-state index >= 15 is 0 Å². The molecule has 0 saturated carbocycles. The van der Waals surface area contributed by atoms with Gasteiger partial charge in [-0.3, -0.25) is 0 Å². The monoisotopic (exact) mass is 604 g/mol. The van der Waals surface area contributed by atoms with Gasteiger partial charge in [-0.1, -0.05) is 0 Å². The third-order valence-corrected chi connectivity index (χ3v) is 6.86. The van der Waals surface area contributed by atoms with E-state index in [9.17, 15) is 9.59 Å². The smallest absolute Gasteiger partial charge is 0.338 e. The molecule has 0 radical (unpaired) electrons. The van der Waals surface area contributed by atoms with Gasteiger partial charge in [-0.15, -0.1) is 0 Å². The van der Waals surface area contributed by atoms with Crippen LogP contribution in [0.1, 0.15) is 52.8 Å². The van der Waals surface area contributed by atoms with Crippen LogP contribution in [0.4, 0.5) is 0 Å². The van der Waals surface area contributed by atoms with Gasteiger partial charge in [0.1, 0.15) is 6.10 Å². The maximum atomic E-state index is 13.2. The number of esters is 2. The highest BCUT2D eigenvalue weighted by Gasteiger charge is 2.22. The molecule has 43 heavy (non-hydrogen) atoms. The Kier molecular flexibility index (Phi) is 14.0. The van der Waals surface area contributed by atoms with Crippen LogP contribution in [0.3, 0.4) is 0 Å². The van der Waals surface area contributed by atoms with Crippen LogP contribution in [-0.2, 0) is 9.47 Å².